The van der Waals surface area contributed by atoms with Crippen molar-refractivity contribution >= 4 is 23.6 Å². The van der Waals surface area contributed by atoms with Crippen molar-refractivity contribution in [3.63, 3.8) is 0 Å². The number of rotatable bonds is 7. The largest absolute Gasteiger partial charge is 0.461 e. The molecule has 1 amide bonds. The van der Waals surface area contributed by atoms with Crippen LogP contribution in [0, 0.1) is 10.1 Å². The Morgan fingerprint density at radius 1 is 1.15 bits per heavy atom. The van der Waals surface area contributed by atoms with E-state index in [-0.39, 0.29) is 18.0 Å². The molecule has 7 nitrogen and oxygen atoms in total. The summed E-state index contributed by atoms with van der Waals surface area (Å²) in [5.74, 6) is -1.18. The Morgan fingerprint density at radius 2 is 1.88 bits per heavy atom. The number of carbonyl (C=O) groups is 2. The predicted molar refractivity (Wildman–Crippen MR) is 96.2 cm³/mol. The van der Waals surface area contributed by atoms with E-state index in [2.05, 4.69) is 5.32 Å². The molecule has 7 heteroatoms. The lowest BCUT2D eigenvalue weighted by Gasteiger charge is -2.10. The second-order valence-corrected chi connectivity index (χ2v) is 5.37. The van der Waals surface area contributed by atoms with Gasteiger partial charge in [-0.2, -0.15) is 0 Å². The van der Waals surface area contributed by atoms with Crippen molar-refractivity contribution in [2.45, 2.75) is 13.3 Å². The van der Waals surface area contributed by atoms with Crippen LogP contribution in [0.1, 0.15) is 29.3 Å². The van der Waals surface area contributed by atoms with Crippen LogP contribution in [0.15, 0.2) is 60.3 Å². The van der Waals surface area contributed by atoms with Gasteiger partial charge in [-0.05, 0) is 30.2 Å². The lowest BCUT2D eigenvalue weighted by atomic mass is 10.1. The number of nitrogens with zero attached hydrogens (tertiary/aromatic N) is 1. The van der Waals surface area contributed by atoms with Gasteiger partial charge in [0.15, 0.2) is 0 Å². The molecule has 0 aliphatic rings. The molecule has 2 rings (SSSR count). The maximum atomic E-state index is 12.3. The monoisotopic (exact) mass is 354 g/mol. The molecule has 134 valence electrons. The molecule has 0 aliphatic carbocycles. The first-order chi connectivity index (χ1) is 12.5. The summed E-state index contributed by atoms with van der Waals surface area (Å²) < 4.78 is 5.08. The lowest BCUT2D eigenvalue weighted by Crippen LogP contribution is -2.28. The van der Waals surface area contributed by atoms with E-state index in [4.69, 9.17) is 4.74 Å². The number of esters is 1. The third kappa shape index (κ3) is 5.27. The molecule has 0 radical (unpaired) electrons. The fourth-order valence-corrected chi connectivity index (χ4v) is 2.10. The topological polar surface area (TPSA) is 98.5 Å². The van der Waals surface area contributed by atoms with Crippen molar-refractivity contribution in [3.8, 4) is 0 Å². The molecular formula is C19H18N2O5. The highest BCUT2D eigenvalue weighted by atomic mass is 16.6. The summed E-state index contributed by atoms with van der Waals surface area (Å²) in [6.45, 7) is 2.05. The number of nitrogens with one attached hydrogen (secondary N) is 1. The van der Waals surface area contributed by atoms with Crippen LogP contribution < -0.4 is 5.32 Å². The number of hydrogen-bond donors (Lipinski definition) is 1. The van der Waals surface area contributed by atoms with Gasteiger partial charge in [0.1, 0.15) is 5.70 Å². The minimum absolute atomic E-state index is 0.0900. The van der Waals surface area contributed by atoms with Crippen molar-refractivity contribution < 1.29 is 19.2 Å². The summed E-state index contributed by atoms with van der Waals surface area (Å²) >= 11 is 0. The van der Waals surface area contributed by atoms with Gasteiger partial charge in [-0.25, -0.2) is 4.79 Å². The summed E-state index contributed by atoms with van der Waals surface area (Å²) in [5, 5.41) is 13.4. The summed E-state index contributed by atoms with van der Waals surface area (Å²) in [7, 11) is 0. The molecule has 0 unspecified atom stereocenters. The highest BCUT2D eigenvalue weighted by Crippen LogP contribution is 2.16. The molecular weight excluding hydrogens is 336 g/mol. The molecule has 0 heterocycles. The second-order valence-electron chi connectivity index (χ2n) is 5.37. The third-order valence-electron chi connectivity index (χ3n) is 3.33. The maximum absolute atomic E-state index is 12.3. The first-order valence-electron chi connectivity index (χ1n) is 8.01. The van der Waals surface area contributed by atoms with E-state index in [1.165, 1.54) is 24.3 Å². The molecule has 26 heavy (non-hydrogen) atoms. The van der Waals surface area contributed by atoms with Crippen molar-refractivity contribution in [1.82, 2.24) is 5.32 Å². The quantitative estimate of drug-likeness (QED) is 0.356. The lowest BCUT2D eigenvalue weighted by molar-refractivity contribution is -0.384. The first kappa shape index (κ1) is 18.9. The van der Waals surface area contributed by atoms with Gasteiger partial charge in [0, 0.05) is 17.7 Å². The highest BCUT2D eigenvalue weighted by Gasteiger charge is 2.16. The Hall–Kier alpha value is -3.48. The fourth-order valence-electron chi connectivity index (χ4n) is 2.10. The van der Waals surface area contributed by atoms with Gasteiger partial charge >= 0.3 is 5.97 Å². The summed E-state index contributed by atoms with van der Waals surface area (Å²) in [6.07, 6.45) is 1.98. The minimum atomic E-state index is -0.706. The van der Waals surface area contributed by atoms with Crippen molar-refractivity contribution in [2.75, 3.05) is 6.61 Å². The van der Waals surface area contributed by atoms with Crippen molar-refractivity contribution in [3.05, 3.63) is 81.5 Å². The van der Waals surface area contributed by atoms with Gasteiger partial charge in [-0.1, -0.05) is 37.3 Å². The Morgan fingerprint density at radius 3 is 2.54 bits per heavy atom. The number of benzene rings is 2. The molecule has 2 aromatic rings. The molecule has 2 aromatic carbocycles. The van der Waals surface area contributed by atoms with E-state index in [1.54, 1.807) is 36.4 Å². The van der Waals surface area contributed by atoms with Gasteiger partial charge in [0.05, 0.1) is 11.5 Å². The molecule has 0 aliphatic heterocycles. The molecule has 0 spiro atoms. The van der Waals surface area contributed by atoms with E-state index in [0.29, 0.717) is 17.5 Å². The highest BCUT2D eigenvalue weighted by molar-refractivity contribution is 6.03. The smallest absolute Gasteiger partial charge is 0.354 e. The van der Waals surface area contributed by atoms with Crippen LogP contribution in [0.25, 0.3) is 6.08 Å². The molecule has 0 atom stereocenters. The van der Waals surface area contributed by atoms with Gasteiger partial charge < -0.3 is 10.1 Å². The van der Waals surface area contributed by atoms with E-state index in [9.17, 15) is 19.7 Å². The van der Waals surface area contributed by atoms with Crippen LogP contribution in [-0.2, 0) is 9.53 Å². The number of nitro benzene ring substituents is 1. The first-order valence-corrected chi connectivity index (χ1v) is 8.01. The average Bonchev–Trinajstić information content (AvgIpc) is 2.66. The van der Waals surface area contributed by atoms with Crippen LogP contribution in [0.5, 0.6) is 0 Å². The van der Waals surface area contributed by atoms with Crippen molar-refractivity contribution in [2.24, 2.45) is 0 Å². The zero-order valence-corrected chi connectivity index (χ0v) is 14.2. The normalized spacial score (nSPS) is 10.9. The Labute approximate surface area is 150 Å². The van der Waals surface area contributed by atoms with E-state index >= 15 is 0 Å². The van der Waals surface area contributed by atoms with Gasteiger partial charge in [-0.3, -0.25) is 14.9 Å². The number of amides is 1. The summed E-state index contributed by atoms with van der Waals surface area (Å²) in [4.78, 5) is 35.0. The Kier molecular flexibility index (Phi) is 6.61. The van der Waals surface area contributed by atoms with Crippen LogP contribution >= 0.6 is 0 Å². The Bertz CT molecular complexity index is 831. The van der Waals surface area contributed by atoms with E-state index in [1.807, 2.05) is 6.92 Å². The van der Waals surface area contributed by atoms with Crippen molar-refractivity contribution in [1.29, 1.82) is 0 Å². The average molecular weight is 354 g/mol. The molecule has 0 bridgehead atoms. The van der Waals surface area contributed by atoms with Crippen LogP contribution in [0.2, 0.25) is 0 Å². The summed E-state index contributed by atoms with van der Waals surface area (Å²) in [5.41, 5.74) is 0.568. The molecule has 0 saturated heterocycles. The predicted octanol–water partition coefficient (Wildman–Crippen LogP) is 3.32. The zero-order valence-electron chi connectivity index (χ0n) is 14.2. The second kappa shape index (κ2) is 9.12. The standard InChI is InChI=1S/C19H18N2O5/c1-2-11-26-19(23)17(20-18(22)15-8-4-3-5-9-15)13-14-7-6-10-16(12-14)21(24)25/h3-10,12-13H,2,11H2,1H3,(H,20,22)/b17-13+. The molecule has 0 saturated carbocycles. The summed E-state index contributed by atoms with van der Waals surface area (Å²) in [6, 6.07) is 14.1. The van der Waals surface area contributed by atoms with E-state index in [0.717, 1.165) is 0 Å². The maximum Gasteiger partial charge on any atom is 0.354 e. The van der Waals surface area contributed by atoms with Gasteiger partial charge in [-0.15, -0.1) is 0 Å². The minimum Gasteiger partial charge on any atom is -0.461 e. The zero-order chi connectivity index (χ0) is 18.9. The Balaban J connectivity index is 2.31. The third-order valence-corrected chi connectivity index (χ3v) is 3.33. The van der Waals surface area contributed by atoms with Gasteiger partial charge in [0.2, 0.25) is 0 Å². The van der Waals surface area contributed by atoms with E-state index < -0.39 is 16.8 Å². The van der Waals surface area contributed by atoms with Crippen LogP contribution in [0.4, 0.5) is 5.69 Å². The number of ether oxygens (including phenoxy) is 1. The molecule has 0 fully saturated rings. The SMILES string of the molecule is CCCOC(=O)/C(=C\c1cccc([N+](=O)[O-])c1)NC(=O)c1ccccc1. The number of hydrogen-bond acceptors (Lipinski definition) is 5. The number of non-ortho nitro benzene ring substituents is 1. The number of nitro groups is 1. The van der Waals surface area contributed by atoms with Crippen LogP contribution in [0.3, 0.4) is 0 Å². The number of carbonyl (C=O) groups excluding carboxylic acids is 2. The van der Waals surface area contributed by atoms with Crippen LogP contribution in [-0.4, -0.2) is 23.4 Å². The molecule has 0 aromatic heterocycles. The van der Waals surface area contributed by atoms with Gasteiger partial charge in [0.25, 0.3) is 11.6 Å². The molecule has 1 N–H and O–H groups in total. The fraction of sp³-hybridized carbons (Fsp3) is 0.158.